The maximum atomic E-state index is 12.1. The fourth-order valence-corrected chi connectivity index (χ4v) is 4.98. The number of likely N-dealkylation sites (N-methyl/N-ethyl adjacent to an activating group) is 1. The van der Waals surface area contributed by atoms with E-state index in [1.807, 2.05) is 14.1 Å². The van der Waals surface area contributed by atoms with Gasteiger partial charge in [0.2, 0.25) is 5.91 Å². The highest BCUT2D eigenvalue weighted by molar-refractivity contribution is 6.28. The molecule has 9 heteroatoms. The van der Waals surface area contributed by atoms with Gasteiger partial charge in [-0.1, -0.05) is 11.6 Å². The van der Waals surface area contributed by atoms with Crippen LogP contribution in [0, 0.1) is 5.92 Å². The minimum atomic E-state index is -0.806. The molecule has 1 spiro atoms. The fourth-order valence-electron chi connectivity index (χ4n) is 4.91. The number of carbonyl (C=O) groups excluding carboxylic acids is 2. The zero-order valence-electron chi connectivity index (χ0n) is 18.4. The summed E-state index contributed by atoms with van der Waals surface area (Å²) in [6, 6.07) is 0. The van der Waals surface area contributed by atoms with Gasteiger partial charge < -0.3 is 23.8 Å². The van der Waals surface area contributed by atoms with Gasteiger partial charge in [0.25, 0.3) is 0 Å². The molecule has 0 aromatic carbocycles. The third-order valence-electron chi connectivity index (χ3n) is 6.36. The standard InChI is InChI=1S/C21H33ClN2O6/c1-13(11-24(3)4)6-7-15-20(2,30-15)18-17(27-5)14(8-9-21(18)12-28-21)29-19(26)23-16(25)10-22/h6,14-15,17-18H,7-12H2,1-5H3,(H,23,25,26). The Bertz CT molecular complexity index is 695. The van der Waals surface area contributed by atoms with Gasteiger partial charge in [-0.05, 0) is 47.2 Å². The largest absolute Gasteiger partial charge is 0.443 e. The van der Waals surface area contributed by atoms with Gasteiger partial charge in [0, 0.05) is 13.7 Å². The SMILES string of the molecule is COC1C(OC(=O)NC(=O)CCl)CCC2(CO2)C1C1(C)OC1CC=C(C)CN(C)C. The van der Waals surface area contributed by atoms with E-state index in [9.17, 15) is 9.59 Å². The van der Waals surface area contributed by atoms with Crippen molar-refractivity contribution in [3.05, 3.63) is 11.6 Å². The monoisotopic (exact) mass is 444 g/mol. The first-order valence-corrected chi connectivity index (χ1v) is 10.9. The first-order chi connectivity index (χ1) is 14.1. The van der Waals surface area contributed by atoms with Crippen molar-refractivity contribution >= 4 is 23.6 Å². The number of carbonyl (C=O) groups is 2. The van der Waals surface area contributed by atoms with Crippen LogP contribution in [0.25, 0.3) is 0 Å². The van der Waals surface area contributed by atoms with Crippen molar-refractivity contribution in [1.29, 1.82) is 0 Å². The second-order valence-electron chi connectivity index (χ2n) is 9.01. The van der Waals surface area contributed by atoms with Crippen LogP contribution in [0.5, 0.6) is 0 Å². The van der Waals surface area contributed by atoms with E-state index < -0.39 is 23.7 Å². The molecule has 6 unspecified atom stereocenters. The Balaban J connectivity index is 1.69. The average molecular weight is 445 g/mol. The van der Waals surface area contributed by atoms with Crippen LogP contribution in [-0.2, 0) is 23.7 Å². The minimum Gasteiger partial charge on any atom is -0.443 e. The molecule has 2 aliphatic heterocycles. The van der Waals surface area contributed by atoms with Crippen LogP contribution in [0.3, 0.4) is 0 Å². The highest BCUT2D eigenvalue weighted by atomic mass is 35.5. The van der Waals surface area contributed by atoms with Gasteiger partial charge in [0.05, 0.1) is 18.6 Å². The molecule has 2 heterocycles. The Labute approximate surface area is 183 Å². The van der Waals surface area contributed by atoms with Crippen LogP contribution in [-0.4, -0.2) is 86.7 Å². The Hall–Kier alpha value is -1.19. The van der Waals surface area contributed by atoms with Crippen LogP contribution >= 0.6 is 11.6 Å². The lowest BCUT2D eigenvalue weighted by Crippen LogP contribution is -2.56. The Morgan fingerprint density at radius 1 is 1.37 bits per heavy atom. The van der Waals surface area contributed by atoms with E-state index in [0.717, 1.165) is 19.4 Å². The summed E-state index contributed by atoms with van der Waals surface area (Å²) in [5, 5.41) is 2.12. The molecule has 0 bridgehead atoms. The Morgan fingerprint density at radius 3 is 2.63 bits per heavy atom. The fraction of sp³-hybridized carbons (Fsp3) is 0.810. The molecule has 170 valence electrons. The van der Waals surface area contributed by atoms with E-state index in [0.29, 0.717) is 13.0 Å². The predicted molar refractivity (Wildman–Crippen MR) is 112 cm³/mol. The molecule has 3 rings (SSSR count). The van der Waals surface area contributed by atoms with Crippen molar-refractivity contribution in [2.75, 3.05) is 40.2 Å². The van der Waals surface area contributed by atoms with E-state index >= 15 is 0 Å². The van der Waals surface area contributed by atoms with Gasteiger partial charge in [0.1, 0.15) is 29.3 Å². The molecule has 3 fully saturated rings. The number of alkyl halides is 1. The second kappa shape index (κ2) is 9.12. The number of amides is 2. The number of rotatable bonds is 8. The van der Waals surface area contributed by atoms with E-state index in [1.165, 1.54) is 5.57 Å². The summed E-state index contributed by atoms with van der Waals surface area (Å²) in [7, 11) is 5.70. The summed E-state index contributed by atoms with van der Waals surface area (Å²) in [5.74, 6) is -0.971. The topological polar surface area (TPSA) is 92.9 Å². The number of alkyl carbamates (subject to hydrolysis) is 1. The summed E-state index contributed by atoms with van der Waals surface area (Å²) < 4.78 is 23.5. The van der Waals surface area contributed by atoms with E-state index in [-0.39, 0.29) is 29.6 Å². The Morgan fingerprint density at radius 2 is 2.07 bits per heavy atom. The number of epoxide rings is 2. The van der Waals surface area contributed by atoms with Crippen molar-refractivity contribution in [1.82, 2.24) is 10.2 Å². The molecular weight excluding hydrogens is 412 g/mol. The number of ether oxygens (including phenoxy) is 4. The molecule has 6 atom stereocenters. The zero-order chi connectivity index (χ0) is 22.1. The highest BCUT2D eigenvalue weighted by Crippen LogP contribution is 2.59. The molecule has 0 aromatic heterocycles. The molecule has 1 aliphatic carbocycles. The molecule has 1 saturated carbocycles. The molecule has 8 nitrogen and oxygen atoms in total. The molecule has 2 saturated heterocycles. The van der Waals surface area contributed by atoms with E-state index in [2.05, 4.69) is 30.1 Å². The normalized spacial score (nSPS) is 37.9. The lowest BCUT2D eigenvalue weighted by Gasteiger charge is -2.42. The van der Waals surface area contributed by atoms with Crippen LogP contribution < -0.4 is 5.32 Å². The number of halogens is 1. The van der Waals surface area contributed by atoms with Crippen molar-refractivity contribution in [2.45, 2.75) is 62.6 Å². The van der Waals surface area contributed by atoms with Gasteiger partial charge in [-0.25, -0.2) is 4.79 Å². The molecule has 2 amide bonds. The summed E-state index contributed by atoms with van der Waals surface area (Å²) in [6.45, 7) is 5.77. The van der Waals surface area contributed by atoms with Crippen molar-refractivity contribution < 1.29 is 28.5 Å². The van der Waals surface area contributed by atoms with Crippen LogP contribution in [0.1, 0.15) is 33.1 Å². The van der Waals surface area contributed by atoms with Crippen molar-refractivity contribution in [3.63, 3.8) is 0 Å². The van der Waals surface area contributed by atoms with Gasteiger partial charge in [-0.15, -0.1) is 11.6 Å². The molecule has 3 aliphatic rings. The number of nitrogens with zero attached hydrogens (tertiary/aromatic N) is 1. The maximum Gasteiger partial charge on any atom is 0.414 e. The van der Waals surface area contributed by atoms with Gasteiger partial charge in [-0.2, -0.15) is 0 Å². The first-order valence-electron chi connectivity index (χ1n) is 10.4. The lowest BCUT2D eigenvalue weighted by molar-refractivity contribution is -0.124. The Kier molecular flexibility index (Phi) is 7.14. The quantitative estimate of drug-likeness (QED) is 0.348. The van der Waals surface area contributed by atoms with Crippen molar-refractivity contribution in [3.8, 4) is 0 Å². The van der Waals surface area contributed by atoms with E-state index in [1.54, 1.807) is 7.11 Å². The number of nitrogens with one attached hydrogen (secondary N) is 1. The molecule has 0 aromatic rings. The molecule has 0 radical (unpaired) electrons. The average Bonchev–Trinajstić information content (AvgIpc) is 3.58. The van der Waals surface area contributed by atoms with Crippen LogP contribution in [0.4, 0.5) is 4.79 Å². The number of methoxy groups -OCH3 is 1. The smallest absolute Gasteiger partial charge is 0.414 e. The second-order valence-corrected chi connectivity index (χ2v) is 9.28. The summed E-state index contributed by atoms with van der Waals surface area (Å²) in [5.41, 5.74) is 0.579. The first kappa shape index (κ1) is 23.5. The summed E-state index contributed by atoms with van der Waals surface area (Å²) in [6.07, 6.45) is 2.75. The van der Waals surface area contributed by atoms with Gasteiger partial charge in [-0.3, -0.25) is 10.1 Å². The summed E-state index contributed by atoms with van der Waals surface area (Å²) >= 11 is 5.44. The maximum absolute atomic E-state index is 12.1. The number of hydrogen-bond acceptors (Lipinski definition) is 7. The van der Waals surface area contributed by atoms with Crippen LogP contribution in [0.2, 0.25) is 0 Å². The lowest BCUT2D eigenvalue weighted by atomic mass is 9.68. The third-order valence-corrected chi connectivity index (χ3v) is 6.61. The summed E-state index contributed by atoms with van der Waals surface area (Å²) in [4.78, 5) is 25.6. The van der Waals surface area contributed by atoms with E-state index in [4.69, 9.17) is 30.5 Å². The number of hydrogen-bond donors (Lipinski definition) is 1. The molecule has 30 heavy (non-hydrogen) atoms. The van der Waals surface area contributed by atoms with Gasteiger partial charge >= 0.3 is 6.09 Å². The number of imide groups is 1. The highest BCUT2D eigenvalue weighted by Gasteiger charge is 2.72. The minimum absolute atomic E-state index is 0.0590. The molecule has 1 N–H and O–H groups in total. The van der Waals surface area contributed by atoms with Crippen LogP contribution in [0.15, 0.2) is 11.6 Å². The molecular formula is C21H33ClN2O6. The van der Waals surface area contributed by atoms with Gasteiger partial charge in [0.15, 0.2) is 0 Å². The third kappa shape index (κ3) is 4.99. The van der Waals surface area contributed by atoms with Crippen molar-refractivity contribution in [2.24, 2.45) is 5.92 Å². The predicted octanol–water partition coefficient (Wildman–Crippen LogP) is 2.10. The zero-order valence-corrected chi connectivity index (χ0v) is 19.2.